The molecule has 9 nitrogen and oxygen atoms in total. The van der Waals surface area contributed by atoms with Gasteiger partial charge in [-0.05, 0) is 41.3 Å². The molecule has 0 bridgehead atoms. The van der Waals surface area contributed by atoms with Gasteiger partial charge in [-0.25, -0.2) is 8.42 Å². The number of halogens is 1. The van der Waals surface area contributed by atoms with Crippen LogP contribution in [0.4, 0.5) is 5.69 Å². The summed E-state index contributed by atoms with van der Waals surface area (Å²) in [6.07, 6.45) is 1.27. The summed E-state index contributed by atoms with van der Waals surface area (Å²) >= 11 is 6.25. The van der Waals surface area contributed by atoms with Crippen molar-refractivity contribution in [3.63, 3.8) is 0 Å². The van der Waals surface area contributed by atoms with Crippen LogP contribution in [-0.2, 0) is 32.6 Å². The molecule has 1 aliphatic rings. The van der Waals surface area contributed by atoms with E-state index in [1.165, 1.54) is 4.90 Å². The fourth-order valence-corrected chi connectivity index (χ4v) is 5.66. The molecular weight excluding hydrogens is 578 g/mol. The number of sulfonamides is 1. The predicted molar refractivity (Wildman–Crippen MR) is 163 cm³/mol. The Hall–Kier alpha value is -3.76. The van der Waals surface area contributed by atoms with E-state index in [9.17, 15) is 18.0 Å². The summed E-state index contributed by atoms with van der Waals surface area (Å²) in [6.45, 7) is 4.63. The Bertz CT molecular complexity index is 1500. The summed E-state index contributed by atoms with van der Waals surface area (Å²) in [5, 5.41) is 3.45. The number of amides is 2. The Labute approximate surface area is 252 Å². The molecule has 4 rings (SSSR count). The Morgan fingerprint density at radius 2 is 1.62 bits per heavy atom. The Balaban J connectivity index is 1.72. The topological polar surface area (TPSA) is 105 Å². The van der Waals surface area contributed by atoms with Crippen LogP contribution in [0, 0.1) is 5.92 Å². The third-order valence-corrected chi connectivity index (χ3v) is 8.07. The highest BCUT2D eigenvalue weighted by molar-refractivity contribution is 7.92. The third kappa shape index (κ3) is 8.39. The SMILES string of the molecule is CC(C)CNC(=O)[C@@H](Cc1ccccc1)N(Cc1cccc(Cl)c1)C(=O)CN(c1ccc2c(c1)OCCO2)S(C)(=O)=O. The average molecular weight is 614 g/mol. The molecule has 42 heavy (non-hydrogen) atoms. The van der Waals surface area contributed by atoms with Crippen LogP contribution in [-0.4, -0.2) is 63.7 Å². The van der Waals surface area contributed by atoms with E-state index in [-0.39, 0.29) is 30.5 Å². The van der Waals surface area contributed by atoms with Crippen LogP contribution < -0.4 is 19.1 Å². The van der Waals surface area contributed by atoms with Crippen molar-refractivity contribution in [1.82, 2.24) is 10.2 Å². The molecule has 3 aromatic carbocycles. The number of hydrogen-bond acceptors (Lipinski definition) is 6. The molecule has 0 aromatic heterocycles. The van der Waals surface area contributed by atoms with Crippen LogP contribution in [0.2, 0.25) is 5.02 Å². The lowest BCUT2D eigenvalue weighted by Gasteiger charge is -2.34. The fourth-order valence-electron chi connectivity index (χ4n) is 4.61. The summed E-state index contributed by atoms with van der Waals surface area (Å²) in [5.74, 6) is 0.214. The van der Waals surface area contributed by atoms with E-state index >= 15 is 0 Å². The van der Waals surface area contributed by atoms with Gasteiger partial charge in [0.15, 0.2) is 11.5 Å². The summed E-state index contributed by atoms with van der Waals surface area (Å²) in [4.78, 5) is 29.3. The molecule has 0 saturated heterocycles. The van der Waals surface area contributed by atoms with E-state index in [4.69, 9.17) is 21.1 Å². The quantitative estimate of drug-likeness (QED) is 0.327. The van der Waals surface area contributed by atoms with E-state index < -0.39 is 28.5 Å². The second kappa shape index (κ2) is 13.9. The molecule has 0 spiro atoms. The third-order valence-electron chi connectivity index (χ3n) is 6.69. The number of anilines is 1. The minimum atomic E-state index is -3.91. The number of benzene rings is 3. The maximum atomic E-state index is 14.2. The van der Waals surface area contributed by atoms with Crippen LogP contribution in [0.25, 0.3) is 0 Å². The van der Waals surface area contributed by atoms with Gasteiger partial charge >= 0.3 is 0 Å². The maximum Gasteiger partial charge on any atom is 0.244 e. The molecule has 0 radical (unpaired) electrons. The molecule has 1 heterocycles. The number of rotatable bonds is 12. The lowest BCUT2D eigenvalue weighted by atomic mass is 10.0. The summed E-state index contributed by atoms with van der Waals surface area (Å²) < 4.78 is 38.3. The highest BCUT2D eigenvalue weighted by atomic mass is 35.5. The van der Waals surface area contributed by atoms with Crippen LogP contribution in [0.5, 0.6) is 11.5 Å². The lowest BCUT2D eigenvalue weighted by Crippen LogP contribution is -2.53. The summed E-state index contributed by atoms with van der Waals surface area (Å²) in [7, 11) is -3.91. The van der Waals surface area contributed by atoms with Crippen LogP contribution in [0.3, 0.4) is 0 Å². The number of nitrogens with zero attached hydrogens (tertiary/aromatic N) is 2. The van der Waals surface area contributed by atoms with Gasteiger partial charge in [-0.3, -0.25) is 13.9 Å². The molecule has 3 aromatic rings. The zero-order chi connectivity index (χ0) is 30.3. The van der Waals surface area contributed by atoms with Crippen molar-refractivity contribution in [2.75, 3.05) is 36.9 Å². The van der Waals surface area contributed by atoms with E-state index in [0.29, 0.717) is 41.8 Å². The first kappa shape index (κ1) is 31.2. The first-order valence-electron chi connectivity index (χ1n) is 13.7. The molecule has 1 aliphatic heterocycles. The van der Waals surface area contributed by atoms with Crippen molar-refractivity contribution >= 4 is 39.1 Å². The molecule has 2 amide bonds. The van der Waals surface area contributed by atoms with Gasteiger partial charge in [-0.1, -0.05) is 67.9 Å². The fraction of sp³-hybridized carbons (Fsp3) is 0.355. The van der Waals surface area contributed by atoms with Gasteiger partial charge in [0.25, 0.3) is 0 Å². The molecule has 0 saturated carbocycles. The van der Waals surface area contributed by atoms with Crippen LogP contribution >= 0.6 is 11.6 Å². The molecular formula is C31H36ClN3O6S. The number of nitrogens with one attached hydrogen (secondary N) is 1. The van der Waals surface area contributed by atoms with Gasteiger partial charge < -0.3 is 19.7 Å². The van der Waals surface area contributed by atoms with Gasteiger partial charge in [0, 0.05) is 30.6 Å². The molecule has 0 aliphatic carbocycles. The molecule has 0 fully saturated rings. The molecule has 224 valence electrons. The van der Waals surface area contributed by atoms with Crippen molar-refractivity contribution < 1.29 is 27.5 Å². The van der Waals surface area contributed by atoms with Gasteiger partial charge in [0.2, 0.25) is 21.8 Å². The molecule has 0 unspecified atom stereocenters. The Kier molecular flexibility index (Phi) is 10.3. The number of hydrogen-bond donors (Lipinski definition) is 1. The maximum absolute atomic E-state index is 14.2. The summed E-state index contributed by atoms with van der Waals surface area (Å²) in [5.41, 5.74) is 1.82. The lowest BCUT2D eigenvalue weighted by molar-refractivity contribution is -0.140. The van der Waals surface area contributed by atoms with Crippen LogP contribution in [0.15, 0.2) is 72.8 Å². The minimum Gasteiger partial charge on any atom is -0.486 e. The van der Waals surface area contributed by atoms with Crippen molar-refractivity contribution in [1.29, 1.82) is 0 Å². The van der Waals surface area contributed by atoms with Gasteiger partial charge in [0.1, 0.15) is 25.8 Å². The highest BCUT2D eigenvalue weighted by Gasteiger charge is 2.33. The van der Waals surface area contributed by atoms with E-state index in [1.807, 2.05) is 50.2 Å². The van der Waals surface area contributed by atoms with Gasteiger partial charge in [-0.15, -0.1) is 0 Å². The van der Waals surface area contributed by atoms with Crippen molar-refractivity contribution in [3.8, 4) is 11.5 Å². The standard InChI is InChI=1S/C31H36ClN3O6S/c1-22(2)19-33-31(37)27(17-23-8-5-4-6-9-23)34(20-24-10-7-11-25(32)16-24)30(36)21-35(42(3,38)39)26-12-13-28-29(18-26)41-15-14-40-28/h4-13,16,18,22,27H,14-15,17,19-21H2,1-3H3,(H,33,37)/t27-/m1/s1. The number of carbonyl (C=O) groups excluding carboxylic acids is 2. The van der Waals surface area contributed by atoms with Crippen LogP contribution in [0.1, 0.15) is 25.0 Å². The first-order valence-corrected chi connectivity index (χ1v) is 16.0. The zero-order valence-corrected chi connectivity index (χ0v) is 25.5. The Morgan fingerprint density at radius 3 is 2.29 bits per heavy atom. The Morgan fingerprint density at radius 1 is 0.929 bits per heavy atom. The highest BCUT2D eigenvalue weighted by Crippen LogP contribution is 2.35. The monoisotopic (exact) mass is 613 g/mol. The van der Waals surface area contributed by atoms with Crippen molar-refractivity contribution in [2.45, 2.75) is 32.9 Å². The number of ether oxygens (including phenoxy) is 2. The number of carbonyl (C=O) groups is 2. The normalized spacial score (nSPS) is 13.4. The van der Waals surface area contributed by atoms with Crippen molar-refractivity contribution in [2.24, 2.45) is 5.92 Å². The van der Waals surface area contributed by atoms with Gasteiger partial charge in [0.05, 0.1) is 11.9 Å². The summed E-state index contributed by atoms with van der Waals surface area (Å²) in [6, 6.07) is 20.2. The predicted octanol–water partition coefficient (Wildman–Crippen LogP) is 4.29. The smallest absolute Gasteiger partial charge is 0.244 e. The van der Waals surface area contributed by atoms with E-state index in [2.05, 4.69) is 5.32 Å². The molecule has 1 N–H and O–H groups in total. The molecule has 1 atom stereocenters. The van der Waals surface area contributed by atoms with E-state index in [1.54, 1.807) is 36.4 Å². The zero-order valence-electron chi connectivity index (χ0n) is 24.0. The van der Waals surface area contributed by atoms with E-state index in [0.717, 1.165) is 16.1 Å². The van der Waals surface area contributed by atoms with Crippen molar-refractivity contribution in [3.05, 3.63) is 88.9 Å². The second-order valence-corrected chi connectivity index (χ2v) is 12.9. The minimum absolute atomic E-state index is 0.0464. The average Bonchev–Trinajstić information content (AvgIpc) is 2.96. The first-order chi connectivity index (χ1) is 20.0. The number of fused-ring (bicyclic) bond motifs is 1. The molecule has 11 heteroatoms. The second-order valence-electron chi connectivity index (χ2n) is 10.6. The van der Waals surface area contributed by atoms with Gasteiger partial charge in [-0.2, -0.15) is 0 Å². The largest absolute Gasteiger partial charge is 0.486 e.